The van der Waals surface area contributed by atoms with Crippen LogP contribution in [0.25, 0.3) is 0 Å². The number of ether oxygens (including phenoxy) is 4. The van der Waals surface area contributed by atoms with Crippen molar-refractivity contribution in [2.24, 2.45) is 4.99 Å². The first kappa shape index (κ1) is 54.6. The molecular weight excluding hydrogens is 941 g/mol. The Hall–Kier alpha value is -6.73. The van der Waals surface area contributed by atoms with E-state index in [1.165, 1.54) is 4.90 Å². The van der Waals surface area contributed by atoms with Crippen molar-refractivity contribution in [3.8, 4) is 0 Å². The van der Waals surface area contributed by atoms with Crippen LogP contribution < -0.4 is 20.6 Å². The summed E-state index contributed by atoms with van der Waals surface area (Å²) in [5.74, 6) is -2.69. The molecule has 2 aromatic rings. The molecule has 5 unspecified atom stereocenters. The van der Waals surface area contributed by atoms with Gasteiger partial charge < -0.3 is 34.5 Å². The number of carbonyl (C=O) groups is 7. The van der Waals surface area contributed by atoms with Crippen LogP contribution in [-0.4, -0.2) is 206 Å². The molecule has 392 valence electrons. The number of esters is 2. The molecular formula is C48H66N10O14. The predicted molar refractivity (Wildman–Crippen MR) is 260 cm³/mol. The zero-order valence-corrected chi connectivity index (χ0v) is 41.2. The minimum Gasteiger partial charge on any atom is -0.481 e. The number of anilines is 2. The van der Waals surface area contributed by atoms with E-state index in [1.807, 2.05) is 41.0 Å². The van der Waals surface area contributed by atoms with Crippen LogP contribution in [0.15, 0.2) is 53.5 Å². The third-order valence-corrected chi connectivity index (χ3v) is 12.6. The predicted octanol–water partition coefficient (Wildman–Crippen LogP) is 1.94. The number of amidine groups is 2. The summed E-state index contributed by atoms with van der Waals surface area (Å²) in [4.78, 5) is 104. The number of carbonyl (C=O) groups excluding carboxylic acids is 5. The second-order valence-corrected chi connectivity index (χ2v) is 17.6. The summed E-state index contributed by atoms with van der Waals surface area (Å²) in [5, 5.41) is 28.9. The molecule has 5 heterocycles. The largest absolute Gasteiger partial charge is 0.481 e. The molecule has 5 N–H and O–H groups in total. The Balaban J connectivity index is 0.000000235. The van der Waals surface area contributed by atoms with Crippen molar-refractivity contribution in [1.29, 1.82) is 5.41 Å². The van der Waals surface area contributed by atoms with Gasteiger partial charge in [-0.25, -0.2) is 24.9 Å². The van der Waals surface area contributed by atoms with Crippen LogP contribution in [0, 0.1) is 5.41 Å². The fourth-order valence-corrected chi connectivity index (χ4v) is 8.81. The fourth-order valence-electron chi connectivity index (χ4n) is 8.81. The quantitative estimate of drug-likeness (QED) is 0.0548. The van der Waals surface area contributed by atoms with Gasteiger partial charge in [0, 0.05) is 94.4 Å². The lowest BCUT2D eigenvalue weighted by atomic mass is 10.1. The molecule has 5 atom stereocenters. The molecule has 0 bridgehead atoms. The highest BCUT2D eigenvalue weighted by molar-refractivity contribution is 6.06. The van der Waals surface area contributed by atoms with Gasteiger partial charge >= 0.3 is 36.1 Å². The Labute approximate surface area is 417 Å². The molecule has 0 aliphatic carbocycles. The number of nitrogens with zero attached hydrogens (tertiary/aromatic N) is 7. The number of hydrogen-bond donors (Lipinski definition) is 5. The van der Waals surface area contributed by atoms with Gasteiger partial charge in [-0.05, 0) is 68.8 Å². The standard InChI is InChI=1S/2C24H33N5O7/c1-3-20-25-22(26-36-20)16-5-7-17(8-6-16)29-15-18(35-24(29)33)14-27-9-11-28(12-10-27)19(13-21(30)31)23(32)34-4-2;1-3-20(30)26-22(25)16-5-7-17(8-6-16)29-15-18(36-24(29)34)14-27-9-11-28(12-10-27)19(13-21(31)32)23(33)35-4-2/h5-8,18-20H,3-4,9-15H2,1-2H3,(H,25,26)(H,30,31);5-8,18-19H,3-4,9-15H2,1-2H3,(H,31,32)(H2,25,26,30). The molecule has 4 saturated heterocycles. The number of hydroxylamine groups is 1. The zero-order valence-electron chi connectivity index (χ0n) is 41.2. The van der Waals surface area contributed by atoms with E-state index in [-0.39, 0.29) is 68.7 Å². The molecule has 3 amide bonds. The highest BCUT2D eigenvalue weighted by Crippen LogP contribution is 2.26. The van der Waals surface area contributed by atoms with Gasteiger partial charge in [0.25, 0.3) is 0 Å². The average molecular weight is 1010 g/mol. The van der Waals surface area contributed by atoms with Gasteiger partial charge in [-0.1, -0.05) is 13.8 Å². The molecule has 7 rings (SSSR count). The van der Waals surface area contributed by atoms with Crippen molar-refractivity contribution in [3.05, 3.63) is 59.7 Å². The van der Waals surface area contributed by atoms with Crippen LogP contribution in [0.2, 0.25) is 0 Å². The zero-order chi connectivity index (χ0) is 51.9. The van der Waals surface area contributed by atoms with Gasteiger partial charge in [-0.2, -0.15) is 0 Å². The maximum atomic E-state index is 12.5. The van der Waals surface area contributed by atoms with Crippen LogP contribution in [0.1, 0.15) is 64.5 Å². The van der Waals surface area contributed by atoms with Gasteiger partial charge in [0.05, 0.1) is 39.1 Å². The fraction of sp³-hybridized carbons (Fsp3) is 0.562. The third kappa shape index (κ3) is 14.9. The van der Waals surface area contributed by atoms with Crippen molar-refractivity contribution in [3.63, 3.8) is 0 Å². The highest BCUT2D eigenvalue weighted by Gasteiger charge is 2.38. The smallest absolute Gasteiger partial charge is 0.414 e. The third-order valence-electron chi connectivity index (χ3n) is 12.6. The van der Waals surface area contributed by atoms with Gasteiger partial charge in [0.1, 0.15) is 30.1 Å². The van der Waals surface area contributed by atoms with E-state index in [1.54, 1.807) is 49.9 Å². The van der Waals surface area contributed by atoms with Gasteiger partial charge in [0.2, 0.25) is 5.91 Å². The Kier molecular flexibility index (Phi) is 19.8. The number of aliphatic carboxylic acids is 2. The molecule has 24 nitrogen and oxygen atoms in total. The van der Waals surface area contributed by atoms with Crippen molar-refractivity contribution in [2.75, 3.05) is 102 Å². The first-order chi connectivity index (χ1) is 34.6. The Morgan fingerprint density at radius 3 is 1.54 bits per heavy atom. The van der Waals surface area contributed by atoms with Crippen molar-refractivity contribution < 1.29 is 67.6 Å². The molecule has 0 saturated carbocycles. The van der Waals surface area contributed by atoms with E-state index < -0.39 is 42.1 Å². The number of benzene rings is 2. The summed E-state index contributed by atoms with van der Waals surface area (Å²) in [6, 6.07) is 12.7. The maximum absolute atomic E-state index is 12.5. The maximum Gasteiger partial charge on any atom is 0.414 e. The first-order valence-electron chi connectivity index (χ1n) is 24.3. The van der Waals surface area contributed by atoms with Gasteiger partial charge in [0.15, 0.2) is 12.1 Å². The number of rotatable bonds is 20. The van der Waals surface area contributed by atoms with E-state index >= 15 is 0 Å². The molecule has 72 heavy (non-hydrogen) atoms. The second kappa shape index (κ2) is 26.1. The molecule has 0 aromatic heterocycles. The molecule has 2 aromatic carbocycles. The number of piperazine rings is 2. The Bertz CT molecular complexity index is 2270. The van der Waals surface area contributed by atoms with Crippen LogP contribution in [0.5, 0.6) is 0 Å². The van der Waals surface area contributed by atoms with Crippen LogP contribution in [0.4, 0.5) is 21.0 Å². The van der Waals surface area contributed by atoms with Gasteiger partial charge in [-0.3, -0.25) is 58.8 Å². The summed E-state index contributed by atoms with van der Waals surface area (Å²) in [6.07, 6.45) is -1.20. The minimum atomic E-state index is -1.05. The van der Waals surface area contributed by atoms with E-state index in [0.717, 1.165) is 17.7 Å². The minimum absolute atomic E-state index is 0.00275. The molecule has 5 aliphatic rings. The lowest BCUT2D eigenvalue weighted by molar-refractivity contribution is -0.155. The average Bonchev–Trinajstić information content (AvgIpc) is 4.11. The van der Waals surface area contributed by atoms with E-state index in [2.05, 4.69) is 25.6 Å². The van der Waals surface area contributed by atoms with Crippen molar-refractivity contribution >= 4 is 65.0 Å². The summed E-state index contributed by atoms with van der Waals surface area (Å²) in [7, 11) is 0. The number of amides is 3. The second-order valence-electron chi connectivity index (χ2n) is 17.6. The number of carboxylic acid groups (broad SMARTS) is 2. The normalized spacial score (nSPS) is 21.6. The van der Waals surface area contributed by atoms with Gasteiger partial charge in [-0.15, -0.1) is 0 Å². The lowest BCUT2D eigenvalue weighted by Gasteiger charge is -2.38. The number of carboxylic acids is 2. The Morgan fingerprint density at radius 2 is 1.15 bits per heavy atom. The molecule has 4 fully saturated rings. The van der Waals surface area contributed by atoms with Crippen molar-refractivity contribution in [2.45, 2.75) is 83.9 Å². The first-order valence-corrected chi connectivity index (χ1v) is 24.3. The summed E-state index contributed by atoms with van der Waals surface area (Å²) in [6.45, 7) is 13.9. The SMILES string of the molecule is CCOC(=O)C(CC(=O)O)N1CCN(CC2CN(c3ccc(C(=N)NC(=O)CC)cc3)C(=O)O2)CC1.CCOC(=O)C(CC(=O)O)N1CCN(CC2CN(c3ccc(C4=NC(CC)ON4)cc3)C(=O)O2)CC1. The summed E-state index contributed by atoms with van der Waals surface area (Å²) in [5.41, 5.74) is 5.63. The number of nitrogens with one attached hydrogen (secondary N) is 3. The highest BCUT2D eigenvalue weighted by atomic mass is 16.7. The van der Waals surface area contributed by atoms with E-state index in [9.17, 15) is 43.8 Å². The number of cyclic esters (lactones) is 2. The summed E-state index contributed by atoms with van der Waals surface area (Å²) < 4.78 is 21.3. The Morgan fingerprint density at radius 1 is 0.708 bits per heavy atom. The van der Waals surface area contributed by atoms with Crippen molar-refractivity contribution in [1.82, 2.24) is 30.4 Å². The van der Waals surface area contributed by atoms with Crippen LogP contribution in [-0.2, 0) is 47.8 Å². The number of aliphatic imine (C=N–C) groups is 1. The van der Waals surface area contributed by atoms with Crippen LogP contribution in [0.3, 0.4) is 0 Å². The summed E-state index contributed by atoms with van der Waals surface area (Å²) >= 11 is 0. The molecule has 5 aliphatic heterocycles. The topological polar surface area (TPSA) is 286 Å². The monoisotopic (exact) mass is 1010 g/mol. The molecule has 24 heteroatoms. The molecule has 0 radical (unpaired) electrons. The van der Waals surface area contributed by atoms with E-state index in [0.29, 0.717) is 95.6 Å². The number of hydrogen-bond acceptors (Lipinski definition) is 19. The van der Waals surface area contributed by atoms with E-state index in [4.69, 9.17) is 29.2 Å². The molecule has 0 spiro atoms. The van der Waals surface area contributed by atoms with Crippen LogP contribution >= 0.6 is 0 Å². The lowest BCUT2D eigenvalue weighted by Crippen LogP contribution is -2.54.